The normalized spacial score (nSPS) is 10.7. The van der Waals surface area contributed by atoms with Gasteiger partial charge in [-0.15, -0.1) is 11.3 Å². The van der Waals surface area contributed by atoms with Crippen LogP contribution in [0.15, 0.2) is 17.5 Å². The zero-order valence-corrected chi connectivity index (χ0v) is 9.73. The third-order valence-corrected chi connectivity index (χ3v) is 2.79. The van der Waals surface area contributed by atoms with E-state index in [9.17, 15) is 4.79 Å². The Morgan fingerprint density at radius 3 is 2.93 bits per heavy atom. The first-order valence-electron chi connectivity index (χ1n) is 4.74. The average Bonchev–Trinajstić information content (AvgIpc) is 2.54. The molecule has 80 valence electrons. The van der Waals surface area contributed by atoms with E-state index < -0.39 is 0 Å². The van der Waals surface area contributed by atoms with Crippen LogP contribution in [0.1, 0.15) is 25.1 Å². The first kappa shape index (κ1) is 11.7. The van der Waals surface area contributed by atoms with Crippen LogP contribution >= 0.6 is 11.3 Å². The molecule has 4 heteroatoms. The molecule has 0 saturated heterocycles. The van der Waals surface area contributed by atoms with Gasteiger partial charge in [-0.25, -0.2) is 0 Å². The van der Waals surface area contributed by atoms with E-state index in [0.29, 0.717) is 0 Å². The van der Waals surface area contributed by atoms with Gasteiger partial charge in [0, 0.05) is 16.8 Å². The van der Waals surface area contributed by atoms with Gasteiger partial charge >= 0.3 is 0 Å². The maximum atomic E-state index is 11.3. The molecule has 1 N–H and O–H groups in total. The van der Waals surface area contributed by atoms with Gasteiger partial charge in [-0.05, 0) is 25.3 Å². The Morgan fingerprint density at radius 1 is 1.67 bits per heavy atom. The number of amides is 1. The lowest BCUT2D eigenvalue weighted by Crippen LogP contribution is -2.44. The number of nitrogens with one attached hydrogen (secondary N) is 1. The Bertz CT molecular complexity index is 362. The summed E-state index contributed by atoms with van der Waals surface area (Å²) < 4.78 is 0. The van der Waals surface area contributed by atoms with Crippen molar-refractivity contribution in [2.75, 3.05) is 0 Å². The quantitative estimate of drug-likeness (QED) is 0.848. The highest BCUT2D eigenvalue weighted by atomic mass is 32.1. The Balaban J connectivity index is 2.52. The predicted octanol–water partition coefficient (Wildman–Crippen LogP) is 2.10. The fourth-order valence-electron chi connectivity index (χ4n) is 1.39. The lowest BCUT2D eigenvalue weighted by atomic mass is 9.99. The maximum absolute atomic E-state index is 11.3. The minimum atomic E-state index is -0.293. The molecule has 1 aromatic heterocycles. The molecule has 3 nitrogen and oxygen atoms in total. The highest BCUT2D eigenvalue weighted by Gasteiger charge is 2.20. The van der Waals surface area contributed by atoms with Crippen molar-refractivity contribution in [2.24, 2.45) is 0 Å². The molecular formula is C11H14N2OS. The van der Waals surface area contributed by atoms with Crippen LogP contribution in [0.3, 0.4) is 0 Å². The Morgan fingerprint density at radius 2 is 2.40 bits per heavy atom. The Kier molecular flexibility index (Phi) is 3.87. The number of carbonyl (C=O) groups excluding carboxylic acids is 1. The summed E-state index contributed by atoms with van der Waals surface area (Å²) in [4.78, 5) is 12.5. The lowest BCUT2D eigenvalue weighted by molar-refractivity contribution is -0.121. The number of nitrogens with zero attached hydrogens (tertiary/aromatic N) is 1. The van der Waals surface area contributed by atoms with Crippen molar-refractivity contribution >= 4 is 17.2 Å². The molecule has 1 heterocycles. The average molecular weight is 222 g/mol. The van der Waals surface area contributed by atoms with Crippen LogP contribution in [0.4, 0.5) is 0 Å². The molecule has 0 radical (unpaired) electrons. The second kappa shape index (κ2) is 4.94. The molecule has 0 aliphatic heterocycles. The summed E-state index contributed by atoms with van der Waals surface area (Å²) in [6.07, 6.45) is 0.718. The van der Waals surface area contributed by atoms with Crippen molar-refractivity contribution in [3.8, 4) is 6.07 Å². The molecule has 1 rings (SSSR count). The molecule has 0 aliphatic carbocycles. The zero-order valence-electron chi connectivity index (χ0n) is 8.91. The second-order valence-electron chi connectivity index (χ2n) is 4.02. The van der Waals surface area contributed by atoms with Gasteiger partial charge in [-0.3, -0.25) is 4.79 Å². The van der Waals surface area contributed by atoms with Gasteiger partial charge in [0.2, 0.25) is 5.91 Å². The Hall–Kier alpha value is -1.34. The van der Waals surface area contributed by atoms with Crippen molar-refractivity contribution in [1.29, 1.82) is 5.26 Å². The van der Waals surface area contributed by atoms with Crippen molar-refractivity contribution in [2.45, 2.75) is 32.2 Å². The van der Waals surface area contributed by atoms with Crippen LogP contribution in [-0.2, 0) is 11.2 Å². The van der Waals surface area contributed by atoms with Crippen molar-refractivity contribution in [3.05, 3.63) is 22.4 Å². The van der Waals surface area contributed by atoms with Gasteiger partial charge in [-0.1, -0.05) is 6.07 Å². The van der Waals surface area contributed by atoms with Crippen LogP contribution < -0.4 is 5.32 Å². The van der Waals surface area contributed by atoms with Gasteiger partial charge in [0.05, 0.1) is 6.07 Å². The van der Waals surface area contributed by atoms with E-state index in [0.717, 1.165) is 6.42 Å². The number of carbonyl (C=O) groups is 1. The maximum Gasteiger partial charge on any atom is 0.234 e. The predicted molar refractivity (Wildman–Crippen MR) is 60.5 cm³/mol. The summed E-state index contributed by atoms with van der Waals surface area (Å²) in [5.41, 5.74) is -0.293. The summed E-state index contributed by atoms with van der Waals surface area (Å²) in [5, 5.41) is 13.2. The van der Waals surface area contributed by atoms with Gasteiger partial charge in [0.1, 0.15) is 6.42 Å². The molecule has 0 aromatic carbocycles. The number of rotatable bonds is 4. The molecule has 0 spiro atoms. The molecule has 0 saturated carbocycles. The smallest absolute Gasteiger partial charge is 0.234 e. The van der Waals surface area contributed by atoms with Crippen LogP contribution in [0.5, 0.6) is 0 Å². The monoisotopic (exact) mass is 222 g/mol. The molecule has 0 atom stereocenters. The zero-order chi connectivity index (χ0) is 11.3. The van der Waals surface area contributed by atoms with Crippen molar-refractivity contribution < 1.29 is 4.79 Å². The molecule has 1 amide bonds. The molecule has 0 aliphatic rings. The number of nitriles is 1. The number of hydrogen-bond acceptors (Lipinski definition) is 3. The van der Waals surface area contributed by atoms with Gasteiger partial charge in [0.15, 0.2) is 0 Å². The van der Waals surface area contributed by atoms with E-state index in [4.69, 9.17) is 5.26 Å². The Labute approximate surface area is 93.7 Å². The van der Waals surface area contributed by atoms with Crippen LogP contribution in [0.25, 0.3) is 0 Å². The van der Waals surface area contributed by atoms with Gasteiger partial charge in [0.25, 0.3) is 0 Å². The van der Waals surface area contributed by atoms with Crippen molar-refractivity contribution in [3.63, 3.8) is 0 Å². The highest BCUT2D eigenvalue weighted by Crippen LogP contribution is 2.17. The van der Waals surface area contributed by atoms with Crippen LogP contribution in [-0.4, -0.2) is 11.4 Å². The van der Waals surface area contributed by atoms with E-state index in [-0.39, 0.29) is 17.9 Å². The largest absolute Gasteiger partial charge is 0.350 e. The third-order valence-electron chi connectivity index (χ3n) is 1.91. The van der Waals surface area contributed by atoms with E-state index in [1.165, 1.54) is 4.88 Å². The summed E-state index contributed by atoms with van der Waals surface area (Å²) in [6, 6.07) is 5.88. The van der Waals surface area contributed by atoms with Crippen LogP contribution in [0, 0.1) is 11.3 Å². The second-order valence-corrected chi connectivity index (χ2v) is 5.06. The fraction of sp³-hybridized carbons (Fsp3) is 0.455. The van der Waals surface area contributed by atoms with Crippen molar-refractivity contribution in [1.82, 2.24) is 5.32 Å². The van der Waals surface area contributed by atoms with E-state index in [1.54, 1.807) is 11.3 Å². The minimum Gasteiger partial charge on any atom is -0.350 e. The summed E-state index contributed by atoms with van der Waals surface area (Å²) in [7, 11) is 0. The third kappa shape index (κ3) is 4.13. The van der Waals surface area contributed by atoms with Gasteiger partial charge in [-0.2, -0.15) is 5.26 Å². The summed E-state index contributed by atoms with van der Waals surface area (Å²) in [6.45, 7) is 3.92. The lowest BCUT2D eigenvalue weighted by Gasteiger charge is -2.25. The summed E-state index contributed by atoms with van der Waals surface area (Å²) in [5.74, 6) is -0.209. The molecular weight excluding hydrogens is 208 g/mol. The standard InChI is InChI=1S/C11H14N2OS/c1-11(2,13-10(14)5-6-12)8-9-4-3-7-15-9/h3-4,7H,5,8H2,1-2H3,(H,13,14). The topological polar surface area (TPSA) is 52.9 Å². The molecule has 1 aromatic rings. The molecule has 15 heavy (non-hydrogen) atoms. The SMILES string of the molecule is CC(C)(Cc1cccs1)NC(=O)CC#N. The minimum absolute atomic E-state index is 0.0755. The van der Waals surface area contributed by atoms with E-state index in [1.807, 2.05) is 37.4 Å². The number of hydrogen-bond donors (Lipinski definition) is 1. The van der Waals surface area contributed by atoms with Gasteiger partial charge < -0.3 is 5.32 Å². The fourth-order valence-corrected chi connectivity index (χ4v) is 2.32. The molecule has 0 bridgehead atoms. The van der Waals surface area contributed by atoms with Crippen LogP contribution in [0.2, 0.25) is 0 Å². The van der Waals surface area contributed by atoms with E-state index in [2.05, 4.69) is 5.32 Å². The molecule has 0 fully saturated rings. The number of thiophene rings is 1. The van der Waals surface area contributed by atoms with E-state index >= 15 is 0 Å². The summed E-state index contributed by atoms with van der Waals surface area (Å²) >= 11 is 1.67. The molecule has 0 unspecified atom stereocenters. The first-order valence-corrected chi connectivity index (χ1v) is 5.62. The highest BCUT2D eigenvalue weighted by molar-refractivity contribution is 7.09. The first-order chi connectivity index (χ1) is 7.03.